The van der Waals surface area contributed by atoms with Crippen molar-refractivity contribution in [3.05, 3.63) is 0 Å². The van der Waals surface area contributed by atoms with Gasteiger partial charge < -0.3 is 14.8 Å². The van der Waals surface area contributed by atoms with Crippen LogP contribution < -0.4 is 5.32 Å². The van der Waals surface area contributed by atoms with Crippen molar-refractivity contribution in [2.24, 2.45) is 0 Å². The molecular weight excluding hydrogens is 178 g/mol. The molecule has 2 unspecified atom stereocenters. The van der Waals surface area contributed by atoms with Gasteiger partial charge in [0, 0.05) is 26.6 Å². The number of ether oxygens (including phenoxy) is 2. The van der Waals surface area contributed by atoms with Gasteiger partial charge in [0.1, 0.15) is 0 Å². The van der Waals surface area contributed by atoms with Crippen molar-refractivity contribution in [2.75, 3.05) is 20.2 Å². The van der Waals surface area contributed by atoms with E-state index in [0.29, 0.717) is 6.10 Å². The summed E-state index contributed by atoms with van der Waals surface area (Å²) in [6, 6.07) is 0. The molecule has 0 aromatic heterocycles. The molecule has 3 heteroatoms. The SMILES string of the molecule is COC(C)(C)CC1(C)CNCC(C)O1. The molecule has 2 atom stereocenters. The maximum atomic E-state index is 5.97. The summed E-state index contributed by atoms with van der Waals surface area (Å²) < 4.78 is 11.4. The first-order valence-corrected chi connectivity index (χ1v) is 5.31. The Balaban J connectivity index is 2.56. The highest BCUT2D eigenvalue weighted by atomic mass is 16.5. The van der Waals surface area contributed by atoms with Gasteiger partial charge in [-0.05, 0) is 27.7 Å². The molecular formula is C11H23NO2. The molecule has 1 aliphatic rings. The Labute approximate surface area is 87.2 Å². The molecule has 0 aromatic carbocycles. The highest BCUT2D eigenvalue weighted by Crippen LogP contribution is 2.28. The standard InChI is InChI=1S/C11H23NO2/c1-9-6-12-8-11(4,14-9)7-10(2,3)13-5/h9,12H,6-8H2,1-5H3. The first-order chi connectivity index (χ1) is 6.37. The third-order valence-corrected chi connectivity index (χ3v) is 2.77. The van der Waals surface area contributed by atoms with E-state index >= 15 is 0 Å². The summed E-state index contributed by atoms with van der Waals surface area (Å²) >= 11 is 0. The van der Waals surface area contributed by atoms with Crippen molar-refractivity contribution in [3.8, 4) is 0 Å². The molecule has 1 aliphatic heterocycles. The van der Waals surface area contributed by atoms with Crippen LogP contribution in [0, 0.1) is 0 Å². The Bertz CT molecular complexity index is 194. The zero-order valence-corrected chi connectivity index (χ0v) is 10.0. The predicted molar refractivity (Wildman–Crippen MR) is 57.5 cm³/mol. The second-order valence-corrected chi connectivity index (χ2v) is 5.15. The van der Waals surface area contributed by atoms with Crippen LogP contribution in [0.1, 0.15) is 34.1 Å². The van der Waals surface area contributed by atoms with E-state index in [0.717, 1.165) is 19.5 Å². The number of methoxy groups -OCH3 is 1. The van der Waals surface area contributed by atoms with Gasteiger partial charge in [0.05, 0.1) is 17.3 Å². The Kier molecular flexibility index (Phi) is 3.56. The van der Waals surface area contributed by atoms with Gasteiger partial charge in [0.25, 0.3) is 0 Å². The molecule has 3 nitrogen and oxygen atoms in total. The molecule has 1 fully saturated rings. The fraction of sp³-hybridized carbons (Fsp3) is 1.00. The van der Waals surface area contributed by atoms with E-state index in [1.165, 1.54) is 0 Å². The maximum absolute atomic E-state index is 5.97. The van der Waals surface area contributed by atoms with E-state index < -0.39 is 0 Å². The molecule has 0 amide bonds. The third-order valence-electron chi connectivity index (χ3n) is 2.77. The summed E-state index contributed by atoms with van der Waals surface area (Å²) in [5.41, 5.74) is -0.218. The van der Waals surface area contributed by atoms with Crippen LogP contribution in [0.5, 0.6) is 0 Å². The lowest BCUT2D eigenvalue weighted by molar-refractivity contribution is -0.137. The second-order valence-electron chi connectivity index (χ2n) is 5.15. The van der Waals surface area contributed by atoms with Gasteiger partial charge in [-0.1, -0.05) is 0 Å². The highest BCUT2D eigenvalue weighted by Gasteiger charge is 2.36. The van der Waals surface area contributed by atoms with Crippen molar-refractivity contribution < 1.29 is 9.47 Å². The van der Waals surface area contributed by atoms with Crippen molar-refractivity contribution in [3.63, 3.8) is 0 Å². The Morgan fingerprint density at radius 3 is 2.71 bits per heavy atom. The van der Waals surface area contributed by atoms with Crippen molar-refractivity contribution in [1.29, 1.82) is 0 Å². The molecule has 0 saturated carbocycles. The Morgan fingerprint density at radius 2 is 2.21 bits per heavy atom. The summed E-state index contributed by atoms with van der Waals surface area (Å²) in [6.45, 7) is 10.3. The Morgan fingerprint density at radius 1 is 1.57 bits per heavy atom. The Hall–Kier alpha value is -0.120. The number of morpholine rings is 1. The summed E-state index contributed by atoms with van der Waals surface area (Å²) in [4.78, 5) is 0. The minimum Gasteiger partial charge on any atom is -0.379 e. The first kappa shape index (κ1) is 12.0. The van der Waals surface area contributed by atoms with Crippen LogP contribution in [0.25, 0.3) is 0 Å². The van der Waals surface area contributed by atoms with E-state index in [-0.39, 0.29) is 11.2 Å². The van der Waals surface area contributed by atoms with Crippen LogP contribution in [-0.2, 0) is 9.47 Å². The molecule has 14 heavy (non-hydrogen) atoms. The van der Waals surface area contributed by atoms with Gasteiger partial charge in [0.15, 0.2) is 0 Å². The van der Waals surface area contributed by atoms with Crippen molar-refractivity contribution >= 4 is 0 Å². The van der Waals surface area contributed by atoms with Crippen LogP contribution in [0.2, 0.25) is 0 Å². The van der Waals surface area contributed by atoms with E-state index in [4.69, 9.17) is 9.47 Å². The van der Waals surface area contributed by atoms with Gasteiger partial charge in [-0.2, -0.15) is 0 Å². The topological polar surface area (TPSA) is 30.5 Å². The lowest BCUT2D eigenvalue weighted by atomic mass is 9.89. The zero-order chi connectivity index (χ0) is 10.8. The molecule has 84 valence electrons. The van der Waals surface area contributed by atoms with Crippen molar-refractivity contribution in [2.45, 2.75) is 51.4 Å². The zero-order valence-electron chi connectivity index (χ0n) is 10.0. The van der Waals surface area contributed by atoms with Crippen molar-refractivity contribution in [1.82, 2.24) is 5.32 Å². The normalized spacial score (nSPS) is 34.5. The molecule has 0 aliphatic carbocycles. The molecule has 1 N–H and O–H groups in total. The quantitative estimate of drug-likeness (QED) is 0.752. The minimum absolute atomic E-state index is 0.100. The van der Waals surface area contributed by atoms with Gasteiger partial charge in [-0.15, -0.1) is 0 Å². The third kappa shape index (κ3) is 3.23. The van der Waals surface area contributed by atoms with Gasteiger partial charge >= 0.3 is 0 Å². The van der Waals surface area contributed by atoms with Crippen LogP contribution >= 0.6 is 0 Å². The molecule has 1 heterocycles. The average Bonchev–Trinajstić information content (AvgIpc) is 2.01. The van der Waals surface area contributed by atoms with Crippen LogP contribution in [-0.4, -0.2) is 37.5 Å². The molecule has 1 saturated heterocycles. The van der Waals surface area contributed by atoms with Crippen LogP contribution in [0.3, 0.4) is 0 Å². The van der Waals surface area contributed by atoms with E-state index in [1.807, 2.05) is 0 Å². The number of nitrogens with one attached hydrogen (secondary N) is 1. The highest BCUT2D eigenvalue weighted by molar-refractivity contribution is 4.90. The predicted octanol–water partition coefficient (Wildman–Crippen LogP) is 1.57. The van der Waals surface area contributed by atoms with Crippen LogP contribution in [0.15, 0.2) is 0 Å². The first-order valence-electron chi connectivity index (χ1n) is 5.31. The van der Waals surface area contributed by atoms with Gasteiger partial charge in [-0.25, -0.2) is 0 Å². The van der Waals surface area contributed by atoms with Gasteiger partial charge in [-0.3, -0.25) is 0 Å². The average molecular weight is 201 g/mol. The van der Waals surface area contributed by atoms with E-state index in [1.54, 1.807) is 7.11 Å². The molecule has 0 bridgehead atoms. The molecule has 1 rings (SSSR count). The number of hydrogen-bond donors (Lipinski definition) is 1. The lowest BCUT2D eigenvalue weighted by Crippen LogP contribution is -2.54. The fourth-order valence-corrected chi connectivity index (χ4v) is 2.19. The molecule has 0 radical (unpaired) electrons. The minimum atomic E-state index is -0.118. The number of hydrogen-bond acceptors (Lipinski definition) is 3. The maximum Gasteiger partial charge on any atom is 0.0809 e. The smallest absolute Gasteiger partial charge is 0.0809 e. The van der Waals surface area contributed by atoms with Crippen LogP contribution in [0.4, 0.5) is 0 Å². The summed E-state index contributed by atoms with van der Waals surface area (Å²) in [5.74, 6) is 0. The number of rotatable bonds is 3. The monoisotopic (exact) mass is 201 g/mol. The fourth-order valence-electron chi connectivity index (χ4n) is 2.19. The molecule has 0 spiro atoms. The second kappa shape index (κ2) is 4.17. The lowest BCUT2D eigenvalue weighted by Gasteiger charge is -2.42. The largest absolute Gasteiger partial charge is 0.379 e. The van der Waals surface area contributed by atoms with E-state index in [9.17, 15) is 0 Å². The summed E-state index contributed by atoms with van der Waals surface area (Å²) in [6.07, 6.45) is 1.20. The van der Waals surface area contributed by atoms with Gasteiger partial charge in [0.2, 0.25) is 0 Å². The molecule has 0 aromatic rings. The summed E-state index contributed by atoms with van der Waals surface area (Å²) in [7, 11) is 1.75. The summed E-state index contributed by atoms with van der Waals surface area (Å²) in [5, 5.41) is 3.39. The van der Waals surface area contributed by atoms with E-state index in [2.05, 4.69) is 33.0 Å².